The van der Waals surface area contributed by atoms with Crippen molar-refractivity contribution in [1.82, 2.24) is 0 Å². The molecule has 0 fully saturated rings. The van der Waals surface area contributed by atoms with Gasteiger partial charge < -0.3 is 0 Å². The SMILES string of the molecule is Cc1cc(C)c(B(c2c(C)cc(C)cc2C)c2c3ccccc3c(-c3ccc(C#N)cc3)c3ccccc23)c(C)c1. The first-order chi connectivity index (χ1) is 19.8. The van der Waals surface area contributed by atoms with Crippen LogP contribution in [0.5, 0.6) is 0 Å². The minimum atomic E-state index is 0.0704. The van der Waals surface area contributed by atoms with Crippen molar-refractivity contribution in [2.75, 3.05) is 0 Å². The number of nitrogens with zero attached hydrogens (tertiary/aromatic N) is 1. The first-order valence-corrected chi connectivity index (χ1v) is 14.4. The van der Waals surface area contributed by atoms with Crippen LogP contribution in [0.2, 0.25) is 0 Å². The van der Waals surface area contributed by atoms with Gasteiger partial charge in [-0.1, -0.05) is 135 Å². The van der Waals surface area contributed by atoms with Crippen molar-refractivity contribution in [1.29, 1.82) is 5.26 Å². The molecule has 0 aromatic heterocycles. The number of rotatable bonds is 4. The lowest BCUT2D eigenvalue weighted by Crippen LogP contribution is -2.56. The second-order valence-corrected chi connectivity index (χ2v) is 11.6. The fraction of sp³-hybridized carbons (Fsp3) is 0.154. The Balaban J connectivity index is 1.81. The molecule has 6 rings (SSSR count). The maximum atomic E-state index is 9.43. The highest BCUT2D eigenvalue weighted by atomic mass is 14.2. The molecular formula is C39H34BN. The third kappa shape index (κ3) is 4.53. The van der Waals surface area contributed by atoms with Gasteiger partial charge in [0.2, 0.25) is 6.71 Å². The van der Waals surface area contributed by atoms with Gasteiger partial charge in [-0.25, -0.2) is 0 Å². The van der Waals surface area contributed by atoms with E-state index in [0.717, 1.165) is 5.56 Å². The Labute approximate surface area is 244 Å². The van der Waals surface area contributed by atoms with E-state index in [-0.39, 0.29) is 6.71 Å². The summed E-state index contributed by atoms with van der Waals surface area (Å²) in [6.45, 7) is 13.6. The second-order valence-electron chi connectivity index (χ2n) is 11.6. The normalized spacial score (nSPS) is 11.1. The average molecular weight is 528 g/mol. The fourth-order valence-electron chi connectivity index (χ4n) is 7.22. The molecule has 0 saturated carbocycles. The largest absolute Gasteiger partial charge is 0.244 e. The molecule has 0 amide bonds. The van der Waals surface area contributed by atoms with E-state index in [1.807, 2.05) is 12.1 Å². The van der Waals surface area contributed by atoms with Gasteiger partial charge in [0.15, 0.2) is 0 Å². The minimum Gasteiger partial charge on any atom is -0.192 e. The monoisotopic (exact) mass is 527 g/mol. The van der Waals surface area contributed by atoms with Crippen LogP contribution in [-0.2, 0) is 0 Å². The van der Waals surface area contributed by atoms with Crippen LogP contribution in [0.3, 0.4) is 0 Å². The van der Waals surface area contributed by atoms with E-state index in [1.165, 1.54) is 76.9 Å². The van der Waals surface area contributed by atoms with Gasteiger partial charge in [-0.2, -0.15) is 5.26 Å². The quantitative estimate of drug-likeness (QED) is 0.169. The summed E-state index contributed by atoms with van der Waals surface area (Å²) >= 11 is 0. The molecule has 0 bridgehead atoms. The Morgan fingerprint density at radius 3 is 1.27 bits per heavy atom. The maximum Gasteiger partial charge on any atom is 0.244 e. The van der Waals surface area contributed by atoms with E-state index < -0.39 is 0 Å². The molecular weight excluding hydrogens is 493 g/mol. The van der Waals surface area contributed by atoms with Gasteiger partial charge in [-0.3, -0.25) is 0 Å². The highest BCUT2D eigenvalue weighted by molar-refractivity contribution is 6.99. The Hall–Kier alpha value is -4.61. The molecule has 1 nitrogen and oxygen atoms in total. The summed E-state index contributed by atoms with van der Waals surface area (Å²) in [5.41, 5.74) is 15.1. The molecule has 0 spiro atoms. The van der Waals surface area contributed by atoms with E-state index in [9.17, 15) is 5.26 Å². The number of hydrogen-bond acceptors (Lipinski definition) is 1. The van der Waals surface area contributed by atoms with E-state index >= 15 is 0 Å². The molecule has 0 atom stereocenters. The van der Waals surface area contributed by atoms with Crippen molar-refractivity contribution in [3.05, 3.63) is 136 Å². The van der Waals surface area contributed by atoms with Crippen LogP contribution in [0, 0.1) is 52.9 Å². The smallest absolute Gasteiger partial charge is 0.192 e. The summed E-state index contributed by atoms with van der Waals surface area (Å²) in [4.78, 5) is 0. The number of benzene rings is 6. The van der Waals surface area contributed by atoms with Crippen molar-refractivity contribution in [2.45, 2.75) is 41.5 Å². The number of nitriles is 1. The molecule has 0 aliphatic heterocycles. The number of aryl methyl sites for hydroxylation is 6. The van der Waals surface area contributed by atoms with Crippen LogP contribution in [0.15, 0.2) is 97.1 Å². The summed E-state index contributed by atoms with van der Waals surface area (Å²) < 4.78 is 0. The zero-order chi connectivity index (χ0) is 28.8. The first-order valence-electron chi connectivity index (χ1n) is 14.4. The van der Waals surface area contributed by atoms with Gasteiger partial charge in [-0.15, -0.1) is 0 Å². The van der Waals surface area contributed by atoms with Crippen LogP contribution in [0.4, 0.5) is 0 Å². The lowest BCUT2D eigenvalue weighted by atomic mass is 9.33. The predicted molar refractivity (Wildman–Crippen MR) is 178 cm³/mol. The van der Waals surface area contributed by atoms with Crippen molar-refractivity contribution in [3.63, 3.8) is 0 Å². The Bertz CT molecular complexity index is 1850. The Morgan fingerprint density at radius 1 is 0.488 bits per heavy atom. The van der Waals surface area contributed by atoms with E-state index in [0.29, 0.717) is 5.56 Å². The Kier molecular flexibility index (Phi) is 6.76. The number of hydrogen-bond donors (Lipinski definition) is 0. The topological polar surface area (TPSA) is 23.8 Å². The second kappa shape index (κ2) is 10.4. The highest BCUT2D eigenvalue weighted by Gasteiger charge is 2.32. The minimum absolute atomic E-state index is 0.0704. The zero-order valence-electron chi connectivity index (χ0n) is 24.8. The van der Waals surface area contributed by atoms with Gasteiger partial charge in [0.1, 0.15) is 0 Å². The van der Waals surface area contributed by atoms with Crippen LogP contribution >= 0.6 is 0 Å². The lowest BCUT2D eigenvalue weighted by Gasteiger charge is -2.28. The van der Waals surface area contributed by atoms with Gasteiger partial charge in [-0.05, 0) is 86.3 Å². The van der Waals surface area contributed by atoms with Crippen molar-refractivity contribution >= 4 is 44.6 Å². The van der Waals surface area contributed by atoms with Crippen LogP contribution in [0.25, 0.3) is 32.7 Å². The lowest BCUT2D eigenvalue weighted by molar-refractivity contribution is 1.34. The number of fused-ring (bicyclic) bond motifs is 2. The maximum absolute atomic E-state index is 9.43. The average Bonchev–Trinajstić information content (AvgIpc) is 2.94. The van der Waals surface area contributed by atoms with E-state index in [2.05, 4.69) is 133 Å². The standard InChI is InChI=1S/C39H34BN/c1-24-19-26(3)37(27(4)20-24)40(38-28(5)21-25(2)22-29(38)6)39-34-13-9-7-11-32(34)36(33-12-8-10-14-35(33)39)31-17-15-30(23-41)16-18-31/h7-22H,1-6H3. The molecule has 0 aliphatic carbocycles. The van der Waals surface area contributed by atoms with E-state index in [4.69, 9.17) is 0 Å². The van der Waals surface area contributed by atoms with Crippen molar-refractivity contribution in [2.24, 2.45) is 0 Å². The third-order valence-electron chi connectivity index (χ3n) is 8.62. The summed E-state index contributed by atoms with van der Waals surface area (Å²) in [6.07, 6.45) is 0. The molecule has 2 heteroatoms. The van der Waals surface area contributed by atoms with Gasteiger partial charge in [0.05, 0.1) is 11.6 Å². The Morgan fingerprint density at radius 2 is 0.878 bits per heavy atom. The molecule has 0 saturated heterocycles. The van der Waals surface area contributed by atoms with Gasteiger partial charge in [0, 0.05) is 0 Å². The summed E-state index contributed by atoms with van der Waals surface area (Å²) in [5, 5.41) is 14.4. The molecule has 0 unspecified atom stereocenters. The van der Waals surface area contributed by atoms with Crippen LogP contribution < -0.4 is 16.4 Å². The summed E-state index contributed by atoms with van der Waals surface area (Å²) in [6, 6.07) is 37.4. The van der Waals surface area contributed by atoms with Crippen molar-refractivity contribution in [3.8, 4) is 17.2 Å². The third-order valence-corrected chi connectivity index (χ3v) is 8.62. The summed E-state index contributed by atoms with van der Waals surface area (Å²) in [7, 11) is 0. The van der Waals surface area contributed by atoms with Gasteiger partial charge >= 0.3 is 0 Å². The molecule has 0 N–H and O–H groups in total. The van der Waals surface area contributed by atoms with E-state index in [1.54, 1.807) is 0 Å². The highest BCUT2D eigenvalue weighted by Crippen LogP contribution is 2.36. The zero-order valence-corrected chi connectivity index (χ0v) is 24.8. The molecule has 0 heterocycles. The van der Waals surface area contributed by atoms with Crippen LogP contribution in [-0.4, -0.2) is 6.71 Å². The predicted octanol–water partition coefficient (Wildman–Crippen LogP) is 7.90. The fourth-order valence-corrected chi connectivity index (χ4v) is 7.22. The molecule has 0 radical (unpaired) electrons. The van der Waals surface area contributed by atoms with Crippen LogP contribution in [0.1, 0.15) is 38.9 Å². The molecule has 6 aromatic rings. The molecule has 41 heavy (non-hydrogen) atoms. The van der Waals surface area contributed by atoms with Crippen molar-refractivity contribution < 1.29 is 0 Å². The summed E-state index contributed by atoms with van der Waals surface area (Å²) in [5.74, 6) is 0. The molecule has 6 aromatic carbocycles. The van der Waals surface area contributed by atoms with Gasteiger partial charge in [0.25, 0.3) is 0 Å². The first kappa shape index (κ1) is 26.6. The molecule has 198 valence electrons. The molecule has 0 aliphatic rings.